The van der Waals surface area contributed by atoms with Crippen LogP contribution < -0.4 is 4.90 Å². The minimum absolute atomic E-state index is 0.0427. The predicted octanol–water partition coefficient (Wildman–Crippen LogP) is 4.17. The number of likely N-dealkylation sites (tertiary alicyclic amines) is 1. The van der Waals surface area contributed by atoms with Crippen LogP contribution in [0, 0.1) is 11.8 Å². The van der Waals surface area contributed by atoms with Crippen molar-refractivity contribution in [2.24, 2.45) is 11.8 Å². The number of alkyl halides is 3. The lowest BCUT2D eigenvalue weighted by atomic mass is 10.0. The molecular weight excluding hydrogens is 415 g/mol. The van der Waals surface area contributed by atoms with Gasteiger partial charge in [0.2, 0.25) is 0 Å². The molecule has 3 heterocycles. The van der Waals surface area contributed by atoms with Crippen LogP contribution in [0.2, 0.25) is 0 Å². The second-order valence-electron chi connectivity index (χ2n) is 7.83. The SMILES string of the molecule is CC(C)(C)OC(=O)N1C[C@H]2CN(c3ncc(Br)cc3C(F)(F)F)C[C@@H]2C1. The third-order valence-corrected chi connectivity index (χ3v) is 5.01. The standard InChI is InChI=1S/C17H21BrF3N3O2/c1-16(2,3)26-15(25)24-8-10-6-23(7-11(10)9-24)14-13(17(19,20)21)4-12(18)5-22-14/h4-5,10-11H,6-9H2,1-3H3/t10-,11-/m1/s1. The van der Waals surface area contributed by atoms with E-state index in [1.165, 1.54) is 6.20 Å². The molecule has 0 spiro atoms. The Morgan fingerprint density at radius 1 is 1.19 bits per heavy atom. The Hall–Kier alpha value is -1.51. The van der Waals surface area contributed by atoms with Gasteiger partial charge in [-0.2, -0.15) is 13.2 Å². The number of carbonyl (C=O) groups is 1. The van der Waals surface area contributed by atoms with Crippen LogP contribution in [0.25, 0.3) is 0 Å². The molecule has 2 aliphatic heterocycles. The molecule has 0 saturated carbocycles. The van der Waals surface area contributed by atoms with Gasteiger partial charge in [-0.3, -0.25) is 0 Å². The number of fused-ring (bicyclic) bond motifs is 1. The molecule has 1 amide bonds. The summed E-state index contributed by atoms with van der Waals surface area (Å²) in [6.07, 6.45) is -3.45. The van der Waals surface area contributed by atoms with Gasteiger partial charge in [0.15, 0.2) is 0 Å². The summed E-state index contributed by atoms with van der Waals surface area (Å²) < 4.78 is 45.7. The molecule has 0 aliphatic carbocycles. The van der Waals surface area contributed by atoms with Gasteiger partial charge in [0.1, 0.15) is 11.4 Å². The molecule has 2 aliphatic rings. The highest BCUT2D eigenvalue weighted by Gasteiger charge is 2.45. The van der Waals surface area contributed by atoms with Gasteiger partial charge in [-0.1, -0.05) is 0 Å². The molecule has 3 rings (SSSR count). The van der Waals surface area contributed by atoms with Crippen molar-refractivity contribution in [2.45, 2.75) is 32.5 Å². The lowest BCUT2D eigenvalue weighted by Gasteiger charge is -2.27. The zero-order valence-electron chi connectivity index (χ0n) is 14.8. The van der Waals surface area contributed by atoms with E-state index >= 15 is 0 Å². The smallest absolute Gasteiger partial charge is 0.419 e. The van der Waals surface area contributed by atoms with Crippen molar-refractivity contribution >= 4 is 27.8 Å². The monoisotopic (exact) mass is 435 g/mol. The average Bonchev–Trinajstić information content (AvgIpc) is 3.02. The number of ether oxygens (including phenoxy) is 1. The van der Waals surface area contributed by atoms with Crippen molar-refractivity contribution in [3.63, 3.8) is 0 Å². The summed E-state index contributed by atoms with van der Waals surface area (Å²) in [5.41, 5.74) is -1.31. The Balaban J connectivity index is 1.70. The Bertz CT molecular complexity index is 691. The first-order valence-corrected chi connectivity index (χ1v) is 9.19. The maximum absolute atomic E-state index is 13.3. The van der Waals surface area contributed by atoms with Crippen molar-refractivity contribution in [3.05, 3.63) is 22.3 Å². The second-order valence-corrected chi connectivity index (χ2v) is 8.75. The molecule has 0 unspecified atom stereocenters. The fraction of sp³-hybridized carbons (Fsp3) is 0.647. The largest absolute Gasteiger partial charge is 0.444 e. The van der Waals surface area contributed by atoms with Crippen LogP contribution in [-0.2, 0) is 10.9 Å². The average molecular weight is 436 g/mol. The first-order chi connectivity index (χ1) is 11.9. The third kappa shape index (κ3) is 4.07. The number of hydrogen-bond donors (Lipinski definition) is 0. The summed E-state index contributed by atoms with van der Waals surface area (Å²) in [6.45, 7) is 7.30. The van der Waals surface area contributed by atoms with Gasteiger partial charge in [-0.05, 0) is 42.8 Å². The predicted molar refractivity (Wildman–Crippen MR) is 93.9 cm³/mol. The van der Waals surface area contributed by atoms with Gasteiger partial charge in [0, 0.05) is 48.7 Å². The molecule has 2 saturated heterocycles. The molecule has 5 nitrogen and oxygen atoms in total. The van der Waals surface area contributed by atoms with E-state index in [1.807, 2.05) is 0 Å². The first kappa shape index (κ1) is 19.3. The molecule has 26 heavy (non-hydrogen) atoms. The molecule has 1 aromatic rings. The number of anilines is 1. The van der Waals surface area contributed by atoms with Gasteiger partial charge >= 0.3 is 12.3 Å². The van der Waals surface area contributed by atoms with Crippen molar-refractivity contribution in [2.75, 3.05) is 31.1 Å². The van der Waals surface area contributed by atoms with Gasteiger partial charge in [0.05, 0.1) is 5.56 Å². The molecule has 9 heteroatoms. The summed E-state index contributed by atoms with van der Waals surface area (Å²) in [5, 5.41) is 0. The zero-order valence-corrected chi connectivity index (χ0v) is 16.4. The molecular formula is C17H21BrF3N3O2. The van der Waals surface area contributed by atoms with E-state index in [2.05, 4.69) is 20.9 Å². The number of amides is 1. The molecule has 0 N–H and O–H groups in total. The van der Waals surface area contributed by atoms with Crippen LogP contribution >= 0.6 is 15.9 Å². The second kappa shape index (κ2) is 6.58. The highest BCUT2D eigenvalue weighted by atomic mass is 79.9. The Morgan fingerprint density at radius 3 is 2.27 bits per heavy atom. The Morgan fingerprint density at radius 2 is 1.77 bits per heavy atom. The van der Waals surface area contributed by atoms with Crippen LogP contribution in [-0.4, -0.2) is 47.8 Å². The van der Waals surface area contributed by atoms with Crippen molar-refractivity contribution in [3.8, 4) is 0 Å². The summed E-state index contributed by atoms with van der Waals surface area (Å²) in [5.74, 6) is 0.196. The van der Waals surface area contributed by atoms with Crippen LogP contribution in [0.4, 0.5) is 23.8 Å². The number of aromatic nitrogens is 1. The topological polar surface area (TPSA) is 45.7 Å². The maximum atomic E-state index is 13.3. The molecule has 0 bridgehead atoms. The van der Waals surface area contributed by atoms with Crippen LogP contribution in [0.1, 0.15) is 26.3 Å². The zero-order chi connectivity index (χ0) is 19.3. The number of carbonyl (C=O) groups excluding carboxylic acids is 1. The number of hydrogen-bond acceptors (Lipinski definition) is 4. The van der Waals surface area contributed by atoms with Crippen LogP contribution in [0.5, 0.6) is 0 Å². The fourth-order valence-electron chi connectivity index (χ4n) is 3.53. The maximum Gasteiger partial charge on any atom is 0.419 e. The van der Waals surface area contributed by atoms with E-state index in [0.29, 0.717) is 30.7 Å². The van der Waals surface area contributed by atoms with Crippen LogP contribution in [0.15, 0.2) is 16.7 Å². The van der Waals surface area contributed by atoms with E-state index < -0.39 is 17.3 Å². The molecule has 144 valence electrons. The molecule has 0 aromatic carbocycles. The summed E-state index contributed by atoms with van der Waals surface area (Å²) in [6, 6.07) is 1.06. The van der Waals surface area contributed by atoms with E-state index in [1.54, 1.807) is 30.6 Å². The molecule has 1 aromatic heterocycles. The Kier molecular flexibility index (Phi) is 4.87. The van der Waals surface area contributed by atoms with E-state index in [-0.39, 0.29) is 23.7 Å². The van der Waals surface area contributed by atoms with E-state index in [4.69, 9.17) is 4.74 Å². The summed E-state index contributed by atoms with van der Waals surface area (Å²) in [7, 11) is 0. The number of rotatable bonds is 1. The number of halogens is 4. The van der Waals surface area contributed by atoms with Gasteiger partial charge in [-0.15, -0.1) is 0 Å². The Labute approximate surface area is 158 Å². The van der Waals surface area contributed by atoms with E-state index in [9.17, 15) is 18.0 Å². The van der Waals surface area contributed by atoms with E-state index in [0.717, 1.165) is 6.07 Å². The quantitative estimate of drug-likeness (QED) is 0.663. The lowest BCUT2D eigenvalue weighted by molar-refractivity contribution is -0.137. The van der Waals surface area contributed by atoms with Gasteiger partial charge in [0.25, 0.3) is 0 Å². The minimum Gasteiger partial charge on any atom is -0.444 e. The normalized spacial score (nSPS) is 23.3. The van der Waals surface area contributed by atoms with Crippen molar-refractivity contribution in [1.29, 1.82) is 0 Å². The van der Waals surface area contributed by atoms with Gasteiger partial charge in [-0.25, -0.2) is 9.78 Å². The highest BCUT2D eigenvalue weighted by Crippen LogP contribution is 2.40. The van der Waals surface area contributed by atoms with Crippen molar-refractivity contribution in [1.82, 2.24) is 9.88 Å². The number of nitrogens with zero attached hydrogens (tertiary/aromatic N) is 3. The molecule has 2 atom stereocenters. The highest BCUT2D eigenvalue weighted by molar-refractivity contribution is 9.10. The van der Waals surface area contributed by atoms with Crippen molar-refractivity contribution < 1.29 is 22.7 Å². The summed E-state index contributed by atoms with van der Waals surface area (Å²) >= 11 is 3.05. The third-order valence-electron chi connectivity index (χ3n) is 4.58. The molecule has 0 radical (unpaired) electrons. The number of pyridine rings is 1. The minimum atomic E-state index is -4.47. The lowest BCUT2D eigenvalue weighted by Crippen LogP contribution is -2.37. The molecule has 2 fully saturated rings. The first-order valence-electron chi connectivity index (χ1n) is 8.39. The van der Waals surface area contributed by atoms with Gasteiger partial charge < -0.3 is 14.5 Å². The fourth-order valence-corrected chi connectivity index (χ4v) is 3.87. The summed E-state index contributed by atoms with van der Waals surface area (Å²) in [4.78, 5) is 19.5. The van der Waals surface area contributed by atoms with Crippen LogP contribution in [0.3, 0.4) is 0 Å².